The second kappa shape index (κ2) is 8.76. The topological polar surface area (TPSA) is 72.4 Å². The third-order valence-electron chi connectivity index (χ3n) is 7.79. The van der Waals surface area contributed by atoms with Crippen molar-refractivity contribution >= 4 is 22.4 Å². The van der Waals surface area contributed by atoms with E-state index in [-0.39, 0.29) is 25.5 Å². The fourth-order valence-corrected chi connectivity index (χ4v) is 5.82. The molecule has 6 heteroatoms. The van der Waals surface area contributed by atoms with Crippen LogP contribution in [0, 0.1) is 11.3 Å². The minimum absolute atomic E-state index is 0.0907. The first-order valence-electron chi connectivity index (χ1n) is 16.9. The normalized spacial score (nSPS) is 29.5. The Hall–Kier alpha value is -3.14. The molecule has 3 aromatic rings. The Morgan fingerprint density at radius 2 is 2.00 bits per heavy atom. The zero-order valence-electron chi connectivity index (χ0n) is 29.4. The Kier molecular flexibility index (Phi) is 3.70. The number of nitriles is 1. The van der Waals surface area contributed by atoms with E-state index >= 15 is 0 Å². The molecule has 0 atom stereocenters. The fraction of sp³-hybridized carbons (Fsp3) is 0.467. The van der Waals surface area contributed by atoms with Crippen molar-refractivity contribution in [1.29, 1.82) is 5.26 Å². The highest BCUT2D eigenvalue weighted by Gasteiger charge is 2.40. The summed E-state index contributed by atoms with van der Waals surface area (Å²) in [5.41, 5.74) is 4.90. The van der Waals surface area contributed by atoms with Crippen molar-refractivity contribution in [2.45, 2.75) is 51.5 Å². The van der Waals surface area contributed by atoms with Crippen LogP contribution in [0.5, 0.6) is 0 Å². The van der Waals surface area contributed by atoms with E-state index in [0.717, 1.165) is 27.9 Å². The molecule has 0 saturated carbocycles. The molecule has 1 aromatic heterocycles. The van der Waals surface area contributed by atoms with Crippen LogP contribution in [0.3, 0.4) is 0 Å². The molecule has 2 saturated heterocycles. The van der Waals surface area contributed by atoms with Crippen LogP contribution in [0.2, 0.25) is 0 Å². The maximum atomic E-state index is 14.0. The second-order valence-electron chi connectivity index (χ2n) is 10.1. The van der Waals surface area contributed by atoms with Gasteiger partial charge in [0.1, 0.15) is 0 Å². The summed E-state index contributed by atoms with van der Waals surface area (Å²) in [6.07, 6.45) is 0.827. The lowest BCUT2D eigenvalue weighted by Gasteiger charge is -2.42. The van der Waals surface area contributed by atoms with Gasteiger partial charge in [-0.15, -0.1) is 0 Å². The van der Waals surface area contributed by atoms with Crippen LogP contribution in [-0.4, -0.2) is 60.9 Å². The highest BCUT2D eigenvalue weighted by molar-refractivity contribution is 6.20. The molecule has 36 heavy (non-hydrogen) atoms. The summed E-state index contributed by atoms with van der Waals surface area (Å²) in [7, 11) is 0. The first-order valence-corrected chi connectivity index (χ1v) is 12.2. The predicted octanol–water partition coefficient (Wildman–Crippen LogP) is 4.77. The maximum Gasteiger partial charge on any atom is 0.195 e. The molecule has 3 aliphatic rings. The van der Waals surface area contributed by atoms with Gasteiger partial charge in [0.15, 0.2) is 5.78 Å². The molecular formula is C30H34N4O2. The molecule has 0 spiro atoms. The average molecular weight is 492 g/mol. The molecule has 0 amide bonds. The summed E-state index contributed by atoms with van der Waals surface area (Å²) >= 11 is 0. The monoisotopic (exact) mass is 491 g/mol. The highest BCUT2D eigenvalue weighted by Crippen LogP contribution is 2.46. The van der Waals surface area contributed by atoms with Crippen molar-refractivity contribution in [3.8, 4) is 6.07 Å². The molecular weight excluding hydrogens is 448 g/mol. The summed E-state index contributed by atoms with van der Waals surface area (Å²) in [5, 5.41) is 10.1. The lowest BCUT2D eigenvalue weighted by molar-refractivity contribution is 0.0115. The molecule has 2 aliphatic heterocycles. The first-order chi connectivity index (χ1) is 20.9. The molecule has 2 fully saturated rings. The zero-order valence-corrected chi connectivity index (χ0v) is 20.4. The van der Waals surface area contributed by atoms with Crippen LogP contribution in [0.4, 0.5) is 5.69 Å². The van der Waals surface area contributed by atoms with Gasteiger partial charge in [-0.25, -0.2) is 0 Å². The van der Waals surface area contributed by atoms with Crippen molar-refractivity contribution in [3.05, 3.63) is 63.8 Å². The van der Waals surface area contributed by atoms with E-state index in [0.29, 0.717) is 46.6 Å². The summed E-state index contributed by atoms with van der Waals surface area (Å²) in [5.74, 6) is -0.132. The Morgan fingerprint density at radius 3 is 2.72 bits per heavy atom. The van der Waals surface area contributed by atoms with E-state index in [9.17, 15) is 10.1 Å². The van der Waals surface area contributed by atoms with Crippen molar-refractivity contribution in [1.82, 2.24) is 9.88 Å². The third-order valence-corrected chi connectivity index (χ3v) is 7.79. The number of carbonyl (C=O) groups excluding carboxylic acids is 1. The van der Waals surface area contributed by atoms with E-state index in [1.807, 2.05) is 26.0 Å². The average Bonchev–Trinajstić information content (AvgIpc) is 3.35. The van der Waals surface area contributed by atoms with Crippen LogP contribution in [0.1, 0.15) is 84.2 Å². The maximum absolute atomic E-state index is 14.0. The quantitative estimate of drug-likeness (QED) is 0.571. The number of rotatable bonds is 3. The van der Waals surface area contributed by atoms with E-state index in [4.69, 9.17) is 12.3 Å². The number of ether oxygens (including phenoxy) is 1. The van der Waals surface area contributed by atoms with Gasteiger partial charge >= 0.3 is 0 Å². The number of aryl methyl sites for hydroxylation is 1. The molecule has 186 valence electrons. The van der Waals surface area contributed by atoms with Crippen molar-refractivity contribution in [3.63, 3.8) is 0 Å². The first kappa shape index (κ1) is 15.2. The molecule has 0 bridgehead atoms. The summed E-state index contributed by atoms with van der Waals surface area (Å²) < 4.78 is 78.7. The number of carbonyl (C=O) groups is 1. The van der Waals surface area contributed by atoms with E-state index in [1.165, 1.54) is 0 Å². The van der Waals surface area contributed by atoms with E-state index in [1.54, 1.807) is 18.2 Å². The number of H-pyrrole nitrogens is 1. The minimum atomic E-state index is -3.09. The Morgan fingerprint density at radius 1 is 1.22 bits per heavy atom. The van der Waals surface area contributed by atoms with Gasteiger partial charge in [-0.05, 0) is 54.7 Å². The molecule has 6 rings (SSSR count). The second-order valence-corrected chi connectivity index (χ2v) is 10.1. The SMILES string of the molecule is [2H]CCc1cc2c(cc1N1CCC(N3C([2H])([2H])C([2H])([2H])OC([2H])([2H])C3([2H])[2H])CC1)C(C)(C)c1[nH]c3cc(C#N)ccc3c1C2=O. The predicted molar refractivity (Wildman–Crippen MR) is 142 cm³/mol. The molecule has 1 N–H and O–H groups in total. The largest absolute Gasteiger partial charge is 0.379 e. The molecule has 0 radical (unpaired) electrons. The third kappa shape index (κ3) is 3.56. The number of nitrogens with zero attached hydrogens (tertiary/aromatic N) is 3. The van der Waals surface area contributed by atoms with Gasteiger partial charge in [0.25, 0.3) is 0 Å². The number of fused-ring (bicyclic) bond motifs is 4. The van der Waals surface area contributed by atoms with Crippen molar-refractivity contribution in [2.75, 3.05) is 44.1 Å². The van der Waals surface area contributed by atoms with Crippen LogP contribution < -0.4 is 4.90 Å². The number of piperidine rings is 1. The van der Waals surface area contributed by atoms with Gasteiger partial charge in [0.05, 0.1) is 35.8 Å². The van der Waals surface area contributed by atoms with Crippen LogP contribution in [0.25, 0.3) is 10.9 Å². The highest BCUT2D eigenvalue weighted by atomic mass is 16.5. The molecule has 3 heterocycles. The number of hydrogen-bond acceptors (Lipinski definition) is 5. The molecule has 2 aromatic carbocycles. The summed E-state index contributed by atoms with van der Waals surface area (Å²) in [6, 6.07) is 10.4. The van der Waals surface area contributed by atoms with Crippen LogP contribution in [0.15, 0.2) is 30.3 Å². The van der Waals surface area contributed by atoms with Crippen molar-refractivity contribution < 1.29 is 21.9 Å². The Balaban J connectivity index is 1.36. The van der Waals surface area contributed by atoms with Crippen LogP contribution in [-0.2, 0) is 16.6 Å². The molecule has 1 aliphatic carbocycles. The Labute approximate surface area is 225 Å². The van der Waals surface area contributed by atoms with Gasteiger partial charge < -0.3 is 14.6 Å². The Bertz CT molecular complexity index is 1730. The smallest absolute Gasteiger partial charge is 0.195 e. The molecule has 0 unspecified atom stereocenters. The summed E-state index contributed by atoms with van der Waals surface area (Å²) in [4.78, 5) is 20.2. The number of hydrogen-bond donors (Lipinski definition) is 1. The van der Waals surface area contributed by atoms with Gasteiger partial charge in [0.2, 0.25) is 0 Å². The zero-order chi connectivity index (χ0) is 32.9. The number of benzene rings is 2. The number of nitrogens with one attached hydrogen (secondary N) is 1. The number of aromatic nitrogens is 1. The van der Waals surface area contributed by atoms with Gasteiger partial charge in [-0.1, -0.05) is 26.8 Å². The molecule has 6 nitrogen and oxygen atoms in total. The summed E-state index contributed by atoms with van der Waals surface area (Å²) in [6.45, 7) is -7.22. The number of aromatic amines is 1. The van der Waals surface area contributed by atoms with Gasteiger partial charge in [-0.3, -0.25) is 9.69 Å². The lowest BCUT2D eigenvalue weighted by Crippen LogP contribution is -2.49. The fourth-order valence-electron chi connectivity index (χ4n) is 5.82. The number of anilines is 1. The van der Waals surface area contributed by atoms with Gasteiger partial charge in [-0.2, -0.15) is 5.26 Å². The number of morpholine rings is 1. The van der Waals surface area contributed by atoms with E-state index < -0.39 is 37.6 Å². The number of ketones is 1. The standard InChI is InChI=1S/C30H34N4O2/c1-4-20-16-23-24(17-26(20)34-9-7-21(8-10-34)33-11-13-36-14-12-33)30(2,3)29-27(28(23)35)22-6-5-19(18-31)15-25(22)32-29/h5-6,15-17,21,32H,4,7-14H2,1-3H3/i1D,11D2,12D2,13D2,14D2. The minimum Gasteiger partial charge on any atom is -0.379 e. The lowest BCUT2D eigenvalue weighted by atomic mass is 9.70. The van der Waals surface area contributed by atoms with Crippen LogP contribution >= 0.6 is 0 Å². The van der Waals surface area contributed by atoms with Crippen molar-refractivity contribution in [2.24, 2.45) is 0 Å². The van der Waals surface area contributed by atoms with Gasteiger partial charge in [0, 0.05) is 72.2 Å². The van der Waals surface area contributed by atoms with E-state index in [2.05, 4.69) is 20.7 Å².